The van der Waals surface area contributed by atoms with Gasteiger partial charge in [-0.3, -0.25) is 0 Å². The Bertz CT molecular complexity index is 242. The molecule has 0 saturated carbocycles. The van der Waals surface area contributed by atoms with Gasteiger partial charge in [-0.1, -0.05) is 13.8 Å². The normalized spacial score (nSPS) is 23.6. The summed E-state index contributed by atoms with van der Waals surface area (Å²) in [5, 5.41) is 0. The van der Waals surface area contributed by atoms with Crippen molar-refractivity contribution in [1.82, 2.24) is 9.80 Å². The van der Waals surface area contributed by atoms with Crippen LogP contribution in [0.4, 0.5) is 0 Å². The molecule has 0 aliphatic carbocycles. The van der Waals surface area contributed by atoms with E-state index in [-0.39, 0.29) is 11.0 Å². The van der Waals surface area contributed by atoms with Crippen molar-refractivity contribution in [2.24, 2.45) is 11.1 Å². The molecule has 102 valence electrons. The van der Waals surface area contributed by atoms with Crippen molar-refractivity contribution >= 4 is 0 Å². The van der Waals surface area contributed by atoms with E-state index < -0.39 is 0 Å². The number of nitrogens with two attached hydrogens (primary N) is 1. The molecule has 0 aromatic heterocycles. The lowest BCUT2D eigenvalue weighted by Crippen LogP contribution is -2.53. The Hall–Kier alpha value is -0.120. The van der Waals surface area contributed by atoms with Crippen molar-refractivity contribution in [2.75, 3.05) is 33.7 Å². The summed E-state index contributed by atoms with van der Waals surface area (Å²) in [4.78, 5) is 4.93. The molecule has 1 heterocycles. The van der Waals surface area contributed by atoms with Gasteiger partial charge in [-0.2, -0.15) is 0 Å². The average Bonchev–Trinajstić information content (AvgIpc) is 2.48. The second kappa shape index (κ2) is 5.25. The second-order valence-corrected chi connectivity index (χ2v) is 7.08. The van der Waals surface area contributed by atoms with Gasteiger partial charge < -0.3 is 15.5 Å². The zero-order chi connectivity index (χ0) is 13.3. The Morgan fingerprint density at radius 1 is 1.29 bits per heavy atom. The van der Waals surface area contributed by atoms with Gasteiger partial charge in [-0.15, -0.1) is 0 Å². The summed E-state index contributed by atoms with van der Waals surface area (Å²) in [6.45, 7) is 12.3. The highest BCUT2D eigenvalue weighted by Gasteiger charge is 2.35. The molecule has 3 nitrogen and oxygen atoms in total. The second-order valence-electron chi connectivity index (χ2n) is 7.08. The highest BCUT2D eigenvalue weighted by molar-refractivity contribution is 4.92. The van der Waals surface area contributed by atoms with Crippen LogP contribution in [0.3, 0.4) is 0 Å². The van der Waals surface area contributed by atoms with Crippen molar-refractivity contribution in [3.8, 4) is 0 Å². The van der Waals surface area contributed by atoms with Crippen LogP contribution < -0.4 is 5.73 Å². The third-order valence-corrected chi connectivity index (χ3v) is 4.60. The molecule has 2 N–H and O–H groups in total. The van der Waals surface area contributed by atoms with Crippen molar-refractivity contribution in [3.63, 3.8) is 0 Å². The van der Waals surface area contributed by atoms with Crippen molar-refractivity contribution in [3.05, 3.63) is 0 Å². The summed E-state index contributed by atoms with van der Waals surface area (Å²) in [5.74, 6) is 0. The zero-order valence-corrected chi connectivity index (χ0v) is 12.6. The molecule has 1 unspecified atom stereocenters. The van der Waals surface area contributed by atoms with Crippen molar-refractivity contribution < 1.29 is 0 Å². The molecule has 0 amide bonds. The van der Waals surface area contributed by atoms with Crippen LogP contribution in [-0.4, -0.2) is 55.1 Å². The summed E-state index contributed by atoms with van der Waals surface area (Å²) >= 11 is 0. The summed E-state index contributed by atoms with van der Waals surface area (Å²) in [7, 11) is 4.46. The molecule has 1 saturated heterocycles. The zero-order valence-electron chi connectivity index (χ0n) is 12.6. The Morgan fingerprint density at radius 3 is 2.29 bits per heavy atom. The minimum Gasteiger partial charge on any atom is -0.325 e. The van der Waals surface area contributed by atoms with Gasteiger partial charge in [0.2, 0.25) is 0 Å². The molecule has 1 aliphatic heterocycles. The maximum absolute atomic E-state index is 6.26. The van der Waals surface area contributed by atoms with E-state index in [9.17, 15) is 0 Å². The molecule has 0 radical (unpaired) electrons. The first-order chi connectivity index (χ1) is 7.63. The fourth-order valence-corrected chi connectivity index (χ4v) is 2.51. The van der Waals surface area contributed by atoms with E-state index in [1.807, 2.05) is 0 Å². The summed E-state index contributed by atoms with van der Waals surface area (Å²) in [5.41, 5.74) is 6.26. The van der Waals surface area contributed by atoms with Crippen molar-refractivity contribution in [2.45, 2.75) is 52.1 Å². The number of nitrogens with zero attached hydrogens (tertiary/aromatic N) is 2. The molecular formula is C14H31N3. The number of rotatable bonds is 5. The molecule has 0 spiro atoms. The van der Waals surface area contributed by atoms with Crippen LogP contribution in [0.1, 0.15) is 40.5 Å². The lowest BCUT2D eigenvalue weighted by Gasteiger charge is -2.42. The largest absolute Gasteiger partial charge is 0.325 e. The molecule has 1 atom stereocenters. The first-order valence-corrected chi connectivity index (χ1v) is 6.81. The summed E-state index contributed by atoms with van der Waals surface area (Å²) < 4.78 is 0. The van der Waals surface area contributed by atoms with Crippen LogP contribution >= 0.6 is 0 Å². The number of hydrogen-bond donors (Lipinski definition) is 1. The van der Waals surface area contributed by atoms with Gasteiger partial charge in [0, 0.05) is 24.7 Å². The maximum atomic E-state index is 6.26. The molecule has 17 heavy (non-hydrogen) atoms. The molecule has 0 bridgehead atoms. The van der Waals surface area contributed by atoms with Gasteiger partial charge >= 0.3 is 0 Å². The monoisotopic (exact) mass is 241 g/mol. The highest BCUT2D eigenvalue weighted by atomic mass is 15.2. The average molecular weight is 241 g/mol. The minimum atomic E-state index is -0.136. The number of likely N-dealkylation sites (N-methyl/N-ethyl adjacent to an activating group) is 2. The molecule has 1 rings (SSSR count). The Morgan fingerprint density at radius 2 is 1.88 bits per heavy atom. The predicted molar refractivity (Wildman–Crippen MR) is 75.2 cm³/mol. The van der Waals surface area contributed by atoms with Crippen LogP contribution in [0.2, 0.25) is 0 Å². The SMILES string of the molecule is CN(CC1CCCN1C)CC(C)(C)C(C)(C)N. The summed E-state index contributed by atoms with van der Waals surface area (Å²) in [6, 6.07) is 0.733. The lowest BCUT2D eigenvalue weighted by atomic mass is 9.75. The standard InChI is InChI=1S/C14H31N3/c1-13(2,14(3,4)15)11-16(5)10-12-8-7-9-17(12)6/h12H,7-11,15H2,1-6H3. The molecule has 1 aliphatic rings. The Labute approximate surface area is 107 Å². The number of hydrogen-bond acceptors (Lipinski definition) is 3. The summed E-state index contributed by atoms with van der Waals surface area (Å²) in [6.07, 6.45) is 2.69. The van der Waals surface area contributed by atoms with E-state index in [1.54, 1.807) is 0 Å². The van der Waals surface area contributed by atoms with Gasteiger partial charge in [0.25, 0.3) is 0 Å². The van der Waals surface area contributed by atoms with Gasteiger partial charge in [-0.05, 0) is 52.7 Å². The van der Waals surface area contributed by atoms with E-state index in [1.165, 1.54) is 19.4 Å². The molecular weight excluding hydrogens is 210 g/mol. The maximum Gasteiger partial charge on any atom is 0.0220 e. The van der Waals surface area contributed by atoms with Gasteiger partial charge in [0.1, 0.15) is 0 Å². The fourth-order valence-electron chi connectivity index (χ4n) is 2.51. The molecule has 0 aromatic carbocycles. The first kappa shape index (κ1) is 14.9. The van der Waals surface area contributed by atoms with Gasteiger partial charge in [0.15, 0.2) is 0 Å². The van der Waals surface area contributed by atoms with E-state index in [2.05, 4.69) is 51.6 Å². The topological polar surface area (TPSA) is 32.5 Å². The van der Waals surface area contributed by atoms with Crippen LogP contribution in [0.15, 0.2) is 0 Å². The fraction of sp³-hybridized carbons (Fsp3) is 1.00. The first-order valence-electron chi connectivity index (χ1n) is 6.81. The van der Waals surface area contributed by atoms with Gasteiger partial charge in [-0.25, -0.2) is 0 Å². The van der Waals surface area contributed by atoms with Gasteiger partial charge in [0.05, 0.1) is 0 Å². The van der Waals surface area contributed by atoms with Crippen LogP contribution in [0, 0.1) is 5.41 Å². The van der Waals surface area contributed by atoms with Crippen LogP contribution in [0.5, 0.6) is 0 Å². The Balaban J connectivity index is 2.46. The van der Waals surface area contributed by atoms with Crippen LogP contribution in [-0.2, 0) is 0 Å². The predicted octanol–water partition coefficient (Wildman–Crippen LogP) is 1.78. The smallest absolute Gasteiger partial charge is 0.0220 e. The Kier molecular flexibility index (Phi) is 4.61. The molecule has 0 aromatic rings. The van der Waals surface area contributed by atoms with E-state index in [0.717, 1.165) is 19.1 Å². The number of likely N-dealkylation sites (tertiary alicyclic amines) is 1. The van der Waals surface area contributed by atoms with Crippen molar-refractivity contribution in [1.29, 1.82) is 0 Å². The van der Waals surface area contributed by atoms with E-state index >= 15 is 0 Å². The molecule has 3 heteroatoms. The van der Waals surface area contributed by atoms with E-state index in [4.69, 9.17) is 5.73 Å². The minimum absolute atomic E-state index is 0.136. The van der Waals surface area contributed by atoms with Crippen LogP contribution in [0.25, 0.3) is 0 Å². The quantitative estimate of drug-likeness (QED) is 0.796. The third kappa shape index (κ3) is 3.94. The third-order valence-electron chi connectivity index (χ3n) is 4.60. The highest BCUT2D eigenvalue weighted by Crippen LogP contribution is 2.29. The lowest BCUT2D eigenvalue weighted by molar-refractivity contribution is 0.113. The van der Waals surface area contributed by atoms with E-state index in [0.29, 0.717) is 0 Å². The molecule has 1 fully saturated rings.